The summed E-state index contributed by atoms with van der Waals surface area (Å²) >= 11 is 0. The minimum absolute atomic E-state index is 0.0711. The Labute approximate surface area is 90.0 Å². The van der Waals surface area contributed by atoms with Crippen molar-refractivity contribution in [2.24, 2.45) is 5.84 Å². The first-order valence-electron chi connectivity index (χ1n) is 4.91. The van der Waals surface area contributed by atoms with Crippen LogP contribution in [0.2, 0.25) is 0 Å². The summed E-state index contributed by atoms with van der Waals surface area (Å²) in [6.45, 7) is 7.70. The smallest absolute Gasteiger partial charge is 0.123 e. The van der Waals surface area contributed by atoms with Gasteiger partial charge in [0.15, 0.2) is 0 Å². The standard InChI is InChI=1S/C12H17FN2/c1-8(2)6-12(15-14)11-7-10(13)5-4-9(11)3/h4-5,7,12,15H,1,6,14H2,2-3H3. The minimum Gasteiger partial charge on any atom is -0.271 e. The number of hydrazine groups is 1. The molecule has 0 spiro atoms. The average Bonchev–Trinajstić information content (AvgIpc) is 2.18. The van der Waals surface area contributed by atoms with E-state index in [0.29, 0.717) is 6.42 Å². The molecule has 0 amide bonds. The van der Waals surface area contributed by atoms with Gasteiger partial charge in [-0.3, -0.25) is 11.3 Å². The molecule has 3 heteroatoms. The van der Waals surface area contributed by atoms with Crippen molar-refractivity contribution in [3.8, 4) is 0 Å². The van der Waals surface area contributed by atoms with E-state index in [1.54, 1.807) is 6.07 Å². The third-order valence-corrected chi connectivity index (χ3v) is 2.37. The van der Waals surface area contributed by atoms with Gasteiger partial charge in [-0.15, -0.1) is 6.58 Å². The molecule has 1 aromatic rings. The highest BCUT2D eigenvalue weighted by Crippen LogP contribution is 2.23. The lowest BCUT2D eigenvalue weighted by atomic mass is 9.97. The topological polar surface area (TPSA) is 38.0 Å². The lowest BCUT2D eigenvalue weighted by Crippen LogP contribution is -2.28. The zero-order chi connectivity index (χ0) is 11.4. The quantitative estimate of drug-likeness (QED) is 0.453. The van der Waals surface area contributed by atoms with Gasteiger partial charge in [0.05, 0.1) is 6.04 Å². The summed E-state index contributed by atoms with van der Waals surface area (Å²) in [6.07, 6.45) is 0.709. The molecule has 0 saturated heterocycles. The van der Waals surface area contributed by atoms with E-state index in [0.717, 1.165) is 16.7 Å². The first-order valence-corrected chi connectivity index (χ1v) is 4.91. The zero-order valence-corrected chi connectivity index (χ0v) is 9.18. The number of nitrogens with two attached hydrogens (primary N) is 1. The van der Waals surface area contributed by atoms with Gasteiger partial charge in [-0.05, 0) is 43.5 Å². The highest BCUT2D eigenvalue weighted by atomic mass is 19.1. The summed E-state index contributed by atoms with van der Waals surface area (Å²) in [7, 11) is 0. The van der Waals surface area contributed by atoms with E-state index in [1.807, 2.05) is 13.8 Å². The van der Waals surface area contributed by atoms with Crippen LogP contribution in [-0.4, -0.2) is 0 Å². The number of aryl methyl sites for hydroxylation is 1. The molecule has 0 radical (unpaired) electrons. The minimum atomic E-state index is -0.238. The predicted molar refractivity (Wildman–Crippen MR) is 60.6 cm³/mol. The highest BCUT2D eigenvalue weighted by molar-refractivity contribution is 5.30. The molecule has 0 fully saturated rings. The molecule has 2 nitrogen and oxygen atoms in total. The number of halogens is 1. The van der Waals surface area contributed by atoms with Gasteiger partial charge in [0.1, 0.15) is 5.82 Å². The second-order valence-corrected chi connectivity index (χ2v) is 3.88. The van der Waals surface area contributed by atoms with Crippen molar-refractivity contribution in [3.63, 3.8) is 0 Å². The van der Waals surface area contributed by atoms with Crippen LogP contribution in [0.5, 0.6) is 0 Å². The normalized spacial score (nSPS) is 12.5. The van der Waals surface area contributed by atoms with Crippen molar-refractivity contribution < 1.29 is 4.39 Å². The molecule has 1 unspecified atom stereocenters. The maximum atomic E-state index is 13.1. The van der Waals surface area contributed by atoms with Crippen LogP contribution in [0.15, 0.2) is 30.4 Å². The Morgan fingerprint density at radius 3 is 2.80 bits per heavy atom. The van der Waals surface area contributed by atoms with E-state index in [1.165, 1.54) is 12.1 Å². The van der Waals surface area contributed by atoms with Crippen LogP contribution >= 0.6 is 0 Å². The van der Waals surface area contributed by atoms with Gasteiger partial charge in [0.2, 0.25) is 0 Å². The molecule has 0 aliphatic heterocycles. The fraction of sp³-hybridized carbons (Fsp3) is 0.333. The lowest BCUT2D eigenvalue weighted by Gasteiger charge is -2.18. The molecule has 0 bridgehead atoms. The van der Waals surface area contributed by atoms with Gasteiger partial charge in [-0.1, -0.05) is 11.6 Å². The molecule has 1 rings (SSSR count). The number of nitrogens with one attached hydrogen (secondary N) is 1. The monoisotopic (exact) mass is 208 g/mol. The van der Waals surface area contributed by atoms with Gasteiger partial charge in [-0.2, -0.15) is 0 Å². The van der Waals surface area contributed by atoms with Gasteiger partial charge >= 0.3 is 0 Å². The first kappa shape index (κ1) is 11.9. The number of rotatable bonds is 4. The summed E-state index contributed by atoms with van der Waals surface area (Å²) in [5.74, 6) is 5.22. The summed E-state index contributed by atoms with van der Waals surface area (Å²) in [5, 5.41) is 0. The lowest BCUT2D eigenvalue weighted by molar-refractivity contribution is 0.540. The molecule has 1 atom stereocenters. The molecule has 1 aromatic carbocycles. The fourth-order valence-corrected chi connectivity index (χ4v) is 1.59. The number of hydrogen-bond acceptors (Lipinski definition) is 2. The Kier molecular flexibility index (Phi) is 4.00. The van der Waals surface area contributed by atoms with Gasteiger partial charge in [0.25, 0.3) is 0 Å². The fourth-order valence-electron chi connectivity index (χ4n) is 1.59. The van der Waals surface area contributed by atoms with Gasteiger partial charge in [-0.25, -0.2) is 4.39 Å². The average molecular weight is 208 g/mol. The summed E-state index contributed by atoms with van der Waals surface area (Å²) in [5.41, 5.74) is 5.62. The van der Waals surface area contributed by atoms with Gasteiger partial charge in [0, 0.05) is 0 Å². The summed E-state index contributed by atoms with van der Waals surface area (Å²) < 4.78 is 13.1. The molecule has 15 heavy (non-hydrogen) atoms. The third kappa shape index (κ3) is 3.15. The third-order valence-electron chi connectivity index (χ3n) is 2.37. The molecule has 0 aliphatic carbocycles. The van der Waals surface area contributed by atoms with Crippen LogP contribution in [0.25, 0.3) is 0 Å². The molecule has 0 saturated carbocycles. The van der Waals surface area contributed by atoms with E-state index in [9.17, 15) is 4.39 Å². The molecule has 3 N–H and O–H groups in total. The number of benzene rings is 1. The highest BCUT2D eigenvalue weighted by Gasteiger charge is 2.12. The molecule has 0 aromatic heterocycles. The Bertz CT molecular complexity index is 361. The maximum Gasteiger partial charge on any atom is 0.123 e. The Hall–Kier alpha value is -1.19. The largest absolute Gasteiger partial charge is 0.271 e. The van der Waals surface area contributed by atoms with Crippen LogP contribution in [0, 0.1) is 12.7 Å². The summed E-state index contributed by atoms with van der Waals surface area (Å²) in [6, 6.07) is 4.65. The van der Waals surface area contributed by atoms with E-state index < -0.39 is 0 Å². The van der Waals surface area contributed by atoms with Crippen molar-refractivity contribution in [2.75, 3.05) is 0 Å². The van der Waals surface area contributed by atoms with Crippen molar-refractivity contribution >= 4 is 0 Å². The van der Waals surface area contributed by atoms with Crippen molar-refractivity contribution in [3.05, 3.63) is 47.3 Å². The maximum absolute atomic E-state index is 13.1. The Morgan fingerprint density at radius 1 is 1.60 bits per heavy atom. The van der Waals surface area contributed by atoms with Crippen LogP contribution in [-0.2, 0) is 0 Å². The molecule has 0 heterocycles. The molecule has 82 valence electrons. The van der Waals surface area contributed by atoms with E-state index in [4.69, 9.17) is 5.84 Å². The second kappa shape index (κ2) is 5.05. The van der Waals surface area contributed by atoms with Crippen LogP contribution in [0.3, 0.4) is 0 Å². The SMILES string of the molecule is C=C(C)CC(NN)c1cc(F)ccc1C. The Balaban J connectivity index is 3.00. The number of hydrogen-bond donors (Lipinski definition) is 2. The first-order chi connectivity index (χ1) is 7.04. The van der Waals surface area contributed by atoms with Crippen molar-refractivity contribution in [1.82, 2.24) is 5.43 Å². The molecular formula is C12H17FN2. The summed E-state index contributed by atoms with van der Waals surface area (Å²) in [4.78, 5) is 0. The van der Waals surface area contributed by atoms with Crippen LogP contribution < -0.4 is 11.3 Å². The molecule has 0 aliphatic rings. The van der Waals surface area contributed by atoms with E-state index >= 15 is 0 Å². The Morgan fingerprint density at radius 2 is 2.27 bits per heavy atom. The van der Waals surface area contributed by atoms with Crippen molar-refractivity contribution in [2.45, 2.75) is 26.3 Å². The van der Waals surface area contributed by atoms with Crippen molar-refractivity contribution in [1.29, 1.82) is 0 Å². The van der Waals surface area contributed by atoms with Gasteiger partial charge < -0.3 is 0 Å². The van der Waals surface area contributed by atoms with Crippen LogP contribution in [0.1, 0.15) is 30.5 Å². The molecular weight excluding hydrogens is 191 g/mol. The van der Waals surface area contributed by atoms with Crippen LogP contribution in [0.4, 0.5) is 4.39 Å². The second-order valence-electron chi connectivity index (χ2n) is 3.88. The predicted octanol–water partition coefficient (Wildman–Crippen LogP) is 2.60. The zero-order valence-electron chi connectivity index (χ0n) is 9.18. The van der Waals surface area contributed by atoms with E-state index in [-0.39, 0.29) is 11.9 Å². The van der Waals surface area contributed by atoms with E-state index in [2.05, 4.69) is 12.0 Å².